The number of benzene rings is 1. The molecule has 0 atom stereocenters. The quantitative estimate of drug-likeness (QED) is 0.279. The smallest absolute Gasteiger partial charge is 0.312 e. The lowest BCUT2D eigenvalue weighted by molar-refractivity contribution is -0.385. The van der Waals surface area contributed by atoms with E-state index in [1.807, 2.05) is 6.26 Å². The van der Waals surface area contributed by atoms with Crippen molar-refractivity contribution in [2.75, 3.05) is 18.7 Å². The highest BCUT2D eigenvalue weighted by Crippen LogP contribution is 2.40. The van der Waals surface area contributed by atoms with Crippen LogP contribution >= 0.6 is 23.1 Å². The van der Waals surface area contributed by atoms with Gasteiger partial charge in [0.15, 0.2) is 10.9 Å². The normalized spacial score (nSPS) is 13.4. The summed E-state index contributed by atoms with van der Waals surface area (Å²) in [5.74, 6) is 0.944. The number of fused-ring (bicyclic) bond motifs is 3. The molecule has 1 aliphatic carbocycles. The molecular weight excluding hydrogens is 384 g/mol. The van der Waals surface area contributed by atoms with E-state index in [-0.39, 0.29) is 11.4 Å². The van der Waals surface area contributed by atoms with Crippen molar-refractivity contribution in [1.29, 1.82) is 0 Å². The predicted molar refractivity (Wildman–Crippen MR) is 109 cm³/mol. The van der Waals surface area contributed by atoms with Crippen LogP contribution in [0.25, 0.3) is 10.2 Å². The standard InChI is InChI=1S/C18H18N4O3S2/c1-25-13-8-7-10(9-12(13)22(23)24)19-16-15-11-5-3-4-6-14(11)27-17(15)21-18(20-16)26-2/h7-9H,3-6H2,1-2H3,(H,19,20,21). The number of nitro benzene ring substituents is 1. The molecule has 9 heteroatoms. The van der Waals surface area contributed by atoms with Gasteiger partial charge in [0.25, 0.3) is 0 Å². The minimum Gasteiger partial charge on any atom is -0.490 e. The number of thiophene rings is 1. The Morgan fingerprint density at radius 1 is 1.30 bits per heavy atom. The molecule has 0 saturated heterocycles. The van der Waals surface area contributed by atoms with Crippen LogP contribution in [0.5, 0.6) is 5.75 Å². The lowest BCUT2D eigenvalue weighted by Crippen LogP contribution is -2.02. The first-order valence-electron chi connectivity index (χ1n) is 8.56. The first kappa shape index (κ1) is 18.0. The molecule has 0 amide bonds. The Morgan fingerprint density at radius 2 is 2.11 bits per heavy atom. The van der Waals surface area contributed by atoms with E-state index in [0.29, 0.717) is 16.7 Å². The number of hydrogen-bond acceptors (Lipinski definition) is 8. The molecule has 1 aliphatic rings. The topological polar surface area (TPSA) is 90.2 Å². The van der Waals surface area contributed by atoms with E-state index in [2.05, 4.69) is 15.3 Å². The summed E-state index contributed by atoms with van der Waals surface area (Å²) in [6.07, 6.45) is 6.41. The summed E-state index contributed by atoms with van der Waals surface area (Å²) in [5.41, 5.74) is 1.84. The fourth-order valence-corrected chi connectivity index (χ4v) is 5.05. The summed E-state index contributed by atoms with van der Waals surface area (Å²) < 4.78 is 5.08. The van der Waals surface area contributed by atoms with Crippen LogP contribution in [0.1, 0.15) is 23.3 Å². The van der Waals surface area contributed by atoms with Crippen LogP contribution in [0, 0.1) is 10.1 Å². The van der Waals surface area contributed by atoms with E-state index in [9.17, 15) is 10.1 Å². The molecule has 3 aromatic rings. The third-order valence-corrected chi connectivity index (χ3v) is 6.35. The van der Waals surface area contributed by atoms with Gasteiger partial charge in [0.2, 0.25) is 0 Å². The van der Waals surface area contributed by atoms with Crippen molar-refractivity contribution in [3.05, 3.63) is 38.8 Å². The predicted octanol–water partition coefficient (Wildman–Crippen LogP) is 4.95. The van der Waals surface area contributed by atoms with Gasteiger partial charge in [-0.15, -0.1) is 11.3 Å². The van der Waals surface area contributed by atoms with Crippen molar-refractivity contribution in [3.63, 3.8) is 0 Å². The molecule has 140 valence electrons. The third kappa shape index (κ3) is 3.32. The van der Waals surface area contributed by atoms with Crippen molar-refractivity contribution in [1.82, 2.24) is 9.97 Å². The number of nitro groups is 1. The molecular formula is C18H18N4O3S2. The van der Waals surface area contributed by atoms with Crippen LogP contribution in [0.3, 0.4) is 0 Å². The maximum absolute atomic E-state index is 11.3. The Morgan fingerprint density at radius 3 is 2.85 bits per heavy atom. The Kier molecular flexibility index (Phi) is 4.88. The molecule has 0 unspecified atom stereocenters. The van der Waals surface area contributed by atoms with Crippen LogP contribution in [-0.2, 0) is 12.8 Å². The van der Waals surface area contributed by atoms with Crippen LogP contribution in [-0.4, -0.2) is 28.3 Å². The minimum absolute atomic E-state index is 0.0785. The van der Waals surface area contributed by atoms with Crippen molar-refractivity contribution < 1.29 is 9.66 Å². The Labute approximate surface area is 164 Å². The second-order valence-corrected chi connectivity index (χ2v) is 8.08. The third-order valence-electron chi connectivity index (χ3n) is 4.62. The summed E-state index contributed by atoms with van der Waals surface area (Å²) >= 11 is 3.22. The van der Waals surface area contributed by atoms with Crippen LogP contribution in [0.2, 0.25) is 0 Å². The van der Waals surface area contributed by atoms with Gasteiger partial charge in [0.05, 0.1) is 17.4 Å². The number of ether oxygens (including phenoxy) is 1. The second kappa shape index (κ2) is 7.32. The number of methoxy groups -OCH3 is 1. The molecule has 27 heavy (non-hydrogen) atoms. The highest BCUT2D eigenvalue weighted by molar-refractivity contribution is 7.98. The molecule has 0 fully saturated rings. The lowest BCUT2D eigenvalue weighted by atomic mass is 9.97. The summed E-state index contributed by atoms with van der Waals surface area (Å²) in [6.45, 7) is 0. The SMILES string of the molecule is COc1ccc(Nc2nc(SC)nc3sc4c(c23)CCCC4)cc1[N+](=O)[O-]. The molecule has 0 aliphatic heterocycles. The van der Waals surface area contributed by atoms with Crippen LogP contribution < -0.4 is 10.1 Å². The first-order chi connectivity index (χ1) is 13.1. The second-order valence-electron chi connectivity index (χ2n) is 6.22. The zero-order chi connectivity index (χ0) is 19.0. The Balaban J connectivity index is 1.82. The summed E-state index contributed by atoms with van der Waals surface area (Å²) in [5, 5.41) is 16.3. The lowest BCUT2D eigenvalue weighted by Gasteiger charge is -2.13. The van der Waals surface area contributed by atoms with E-state index in [1.165, 1.54) is 41.8 Å². The van der Waals surface area contributed by atoms with Gasteiger partial charge in [0.1, 0.15) is 10.6 Å². The average Bonchev–Trinajstić information content (AvgIpc) is 3.06. The maximum atomic E-state index is 11.3. The number of aromatic nitrogens is 2. The number of anilines is 2. The molecule has 0 saturated carbocycles. The molecule has 2 heterocycles. The Hall–Kier alpha value is -2.39. The molecule has 7 nitrogen and oxygen atoms in total. The number of aryl methyl sites for hydroxylation is 2. The number of thioether (sulfide) groups is 1. The van der Waals surface area contributed by atoms with Gasteiger partial charge in [-0.25, -0.2) is 9.97 Å². The number of nitrogens with zero attached hydrogens (tertiary/aromatic N) is 3. The fraction of sp³-hybridized carbons (Fsp3) is 0.333. The van der Waals surface area contributed by atoms with Gasteiger partial charge in [-0.2, -0.15) is 0 Å². The average molecular weight is 403 g/mol. The van der Waals surface area contributed by atoms with Crippen molar-refractivity contribution in [3.8, 4) is 5.75 Å². The van der Waals surface area contributed by atoms with Crippen molar-refractivity contribution in [2.24, 2.45) is 0 Å². The molecule has 0 bridgehead atoms. The highest BCUT2D eigenvalue weighted by atomic mass is 32.2. The maximum Gasteiger partial charge on any atom is 0.312 e. The zero-order valence-electron chi connectivity index (χ0n) is 14.9. The van der Waals surface area contributed by atoms with E-state index in [0.717, 1.165) is 29.5 Å². The molecule has 1 N–H and O–H groups in total. The van der Waals surface area contributed by atoms with Gasteiger partial charge in [0, 0.05) is 16.6 Å². The van der Waals surface area contributed by atoms with Crippen LogP contribution in [0.4, 0.5) is 17.2 Å². The molecule has 1 aromatic carbocycles. The number of hydrogen-bond donors (Lipinski definition) is 1. The molecule has 0 spiro atoms. The first-order valence-corrected chi connectivity index (χ1v) is 10.6. The van der Waals surface area contributed by atoms with E-state index in [1.54, 1.807) is 23.5 Å². The fourth-order valence-electron chi connectivity index (χ4n) is 3.37. The molecule has 4 rings (SSSR count). The van der Waals surface area contributed by atoms with Crippen molar-refractivity contribution in [2.45, 2.75) is 30.8 Å². The van der Waals surface area contributed by atoms with E-state index >= 15 is 0 Å². The monoisotopic (exact) mass is 402 g/mol. The van der Waals surface area contributed by atoms with Gasteiger partial charge < -0.3 is 10.1 Å². The zero-order valence-corrected chi connectivity index (χ0v) is 16.6. The number of rotatable bonds is 5. The summed E-state index contributed by atoms with van der Waals surface area (Å²) in [4.78, 5) is 22.6. The van der Waals surface area contributed by atoms with Crippen molar-refractivity contribution >= 4 is 50.5 Å². The van der Waals surface area contributed by atoms with Crippen LogP contribution in [0.15, 0.2) is 23.4 Å². The molecule has 2 aromatic heterocycles. The van der Waals surface area contributed by atoms with Gasteiger partial charge >= 0.3 is 5.69 Å². The van der Waals surface area contributed by atoms with E-state index in [4.69, 9.17) is 4.74 Å². The van der Waals surface area contributed by atoms with Gasteiger partial charge in [-0.05, 0) is 49.6 Å². The molecule has 0 radical (unpaired) electrons. The number of nitrogens with one attached hydrogen (secondary N) is 1. The minimum atomic E-state index is -0.445. The summed E-state index contributed by atoms with van der Waals surface area (Å²) in [7, 11) is 1.42. The van der Waals surface area contributed by atoms with Gasteiger partial charge in [-0.1, -0.05) is 11.8 Å². The highest BCUT2D eigenvalue weighted by Gasteiger charge is 2.22. The largest absolute Gasteiger partial charge is 0.490 e. The summed E-state index contributed by atoms with van der Waals surface area (Å²) in [6, 6.07) is 4.83. The van der Waals surface area contributed by atoms with E-state index < -0.39 is 4.92 Å². The van der Waals surface area contributed by atoms with Gasteiger partial charge in [-0.3, -0.25) is 10.1 Å². The Bertz CT molecular complexity index is 1040.